The van der Waals surface area contributed by atoms with E-state index < -0.39 is 0 Å². The molecule has 3 heterocycles. The van der Waals surface area contributed by atoms with Gasteiger partial charge in [0.25, 0.3) is 0 Å². The van der Waals surface area contributed by atoms with E-state index in [0.29, 0.717) is 36.9 Å². The lowest BCUT2D eigenvalue weighted by molar-refractivity contribution is -0.134. The maximum Gasteiger partial charge on any atom is 0.319 e. The molecule has 1 aliphatic heterocycles. The van der Waals surface area contributed by atoms with Crippen molar-refractivity contribution in [3.63, 3.8) is 0 Å². The van der Waals surface area contributed by atoms with Crippen LogP contribution in [0.2, 0.25) is 5.15 Å². The Bertz CT molecular complexity index is 879. The molecule has 0 bridgehead atoms. The minimum Gasteiger partial charge on any atom is -0.488 e. The van der Waals surface area contributed by atoms with Crippen LogP contribution in [0.3, 0.4) is 0 Å². The summed E-state index contributed by atoms with van der Waals surface area (Å²) < 4.78 is 21.5. The number of ether oxygens (including phenoxy) is 4. The van der Waals surface area contributed by atoms with E-state index in [1.807, 2.05) is 0 Å². The summed E-state index contributed by atoms with van der Waals surface area (Å²) in [5.41, 5.74) is 0.570. The summed E-state index contributed by atoms with van der Waals surface area (Å²) in [6.07, 6.45) is 5.91. The number of amides is 1. The molecule has 1 aliphatic rings. The third-order valence-electron chi connectivity index (χ3n) is 4.14. The zero-order valence-corrected chi connectivity index (χ0v) is 16.8. The maximum absolute atomic E-state index is 12.6. The lowest BCUT2D eigenvalue weighted by atomic mass is 10.2. The number of carbonyl (C=O) groups is 1. The van der Waals surface area contributed by atoms with Crippen LogP contribution < -0.4 is 14.2 Å². The minimum absolute atomic E-state index is 0.157. The molecule has 0 radical (unpaired) electrons. The van der Waals surface area contributed by atoms with Crippen LogP contribution in [0.4, 0.5) is 0 Å². The van der Waals surface area contributed by atoms with Gasteiger partial charge in [0.05, 0.1) is 32.9 Å². The summed E-state index contributed by atoms with van der Waals surface area (Å²) in [4.78, 5) is 26.3. The minimum atomic E-state index is -0.267. The van der Waals surface area contributed by atoms with Gasteiger partial charge in [0.2, 0.25) is 11.8 Å². The van der Waals surface area contributed by atoms with E-state index in [1.165, 1.54) is 26.5 Å². The number of carbonyl (C=O) groups excluding carboxylic acids is 1. The van der Waals surface area contributed by atoms with E-state index in [9.17, 15) is 4.79 Å². The number of pyridine rings is 1. The molecular formula is C19H21ClN4O5. The first-order valence-corrected chi connectivity index (χ1v) is 9.25. The first-order chi connectivity index (χ1) is 14.1. The highest BCUT2D eigenvalue weighted by molar-refractivity contribution is 6.30. The summed E-state index contributed by atoms with van der Waals surface area (Å²) in [5.74, 6) is 0.644. The van der Waals surface area contributed by atoms with Crippen molar-refractivity contribution in [1.82, 2.24) is 19.9 Å². The number of morpholine rings is 1. The number of halogens is 1. The Kier molecular flexibility index (Phi) is 7.20. The molecule has 0 N–H and O–H groups in total. The number of hydrogen-bond donors (Lipinski definition) is 0. The summed E-state index contributed by atoms with van der Waals surface area (Å²) in [6, 6.07) is 3.66. The first-order valence-electron chi connectivity index (χ1n) is 8.87. The predicted molar refractivity (Wildman–Crippen MR) is 105 cm³/mol. The molecule has 0 saturated carbocycles. The molecule has 0 aromatic carbocycles. The highest BCUT2D eigenvalue weighted by atomic mass is 35.5. The molecule has 1 amide bonds. The van der Waals surface area contributed by atoms with E-state index in [4.69, 9.17) is 30.5 Å². The largest absolute Gasteiger partial charge is 0.488 e. The number of methoxy groups -OCH3 is 2. The van der Waals surface area contributed by atoms with Gasteiger partial charge in [-0.15, -0.1) is 0 Å². The quantitative estimate of drug-likeness (QED) is 0.494. The van der Waals surface area contributed by atoms with Crippen molar-refractivity contribution in [3.8, 4) is 17.6 Å². The lowest BCUT2D eigenvalue weighted by Gasteiger charge is -2.32. The summed E-state index contributed by atoms with van der Waals surface area (Å²) in [5, 5.41) is 0.287. The molecule has 3 rings (SSSR count). The Balaban J connectivity index is 1.58. The second-order valence-electron chi connectivity index (χ2n) is 6.04. The maximum atomic E-state index is 12.6. The SMILES string of the molecule is COc1ncc(/C=C/C(=O)N2CCOC(COc3cccnc3Cl)C2)c(OC)n1. The van der Waals surface area contributed by atoms with Gasteiger partial charge in [-0.3, -0.25) is 4.79 Å². The van der Waals surface area contributed by atoms with Gasteiger partial charge in [-0.2, -0.15) is 4.98 Å². The van der Waals surface area contributed by atoms with Crippen LogP contribution >= 0.6 is 11.6 Å². The van der Waals surface area contributed by atoms with Crippen molar-refractivity contribution in [2.45, 2.75) is 6.10 Å². The van der Waals surface area contributed by atoms with Gasteiger partial charge in [-0.25, -0.2) is 9.97 Å². The van der Waals surface area contributed by atoms with Gasteiger partial charge in [-0.1, -0.05) is 11.6 Å². The average Bonchev–Trinajstić information content (AvgIpc) is 2.77. The van der Waals surface area contributed by atoms with Crippen LogP contribution in [0.15, 0.2) is 30.6 Å². The second kappa shape index (κ2) is 10.0. The standard InChI is InChI=1S/C19H21ClN4O5/c1-26-18-13(10-22-19(23-18)27-2)5-6-16(25)24-8-9-28-14(11-24)12-29-15-4-3-7-21-17(15)20/h3-7,10,14H,8-9,11-12H2,1-2H3/b6-5+. The van der Waals surface area contributed by atoms with Crippen molar-refractivity contribution >= 4 is 23.6 Å². The Labute approximate surface area is 173 Å². The van der Waals surface area contributed by atoms with E-state index in [2.05, 4.69) is 15.0 Å². The Morgan fingerprint density at radius 3 is 3.00 bits per heavy atom. The number of aromatic nitrogens is 3. The summed E-state index contributed by atoms with van der Waals surface area (Å²) in [7, 11) is 2.96. The van der Waals surface area contributed by atoms with Gasteiger partial charge < -0.3 is 23.8 Å². The highest BCUT2D eigenvalue weighted by Gasteiger charge is 2.24. The Morgan fingerprint density at radius 2 is 2.24 bits per heavy atom. The molecular weight excluding hydrogens is 400 g/mol. The molecule has 2 aromatic rings. The molecule has 10 heteroatoms. The van der Waals surface area contributed by atoms with Crippen molar-refractivity contribution in [1.29, 1.82) is 0 Å². The monoisotopic (exact) mass is 420 g/mol. The van der Waals surface area contributed by atoms with Crippen LogP contribution in [0.5, 0.6) is 17.6 Å². The fraction of sp³-hybridized carbons (Fsp3) is 0.368. The van der Waals surface area contributed by atoms with Crippen molar-refractivity contribution in [3.05, 3.63) is 41.3 Å². The van der Waals surface area contributed by atoms with Crippen LogP contribution in [-0.2, 0) is 9.53 Å². The number of nitrogens with zero attached hydrogens (tertiary/aromatic N) is 4. The van der Waals surface area contributed by atoms with Crippen LogP contribution in [-0.4, -0.2) is 72.4 Å². The van der Waals surface area contributed by atoms with E-state index in [1.54, 1.807) is 29.3 Å². The average molecular weight is 421 g/mol. The Morgan fingerprint density at radius 1 is 1.38 bits per heavy atom. The molecule has 1 atom stereocenters. The van der Waals surface area contributed by atoms with Crippen LogP contribution in [0.25, 0.3) is 6.08 Å². The second-order valence-corrected chi connectivity index (χ2v) is 6.39. The fourth-order valence-electron chi connectivity index (χ4n) is 2.68. The zero-order chi connectivity index (χ0) is 20.6. The van der Waals surface area contributed by atoms with Crippen molar-refractivity contribution in [2.24, 2.45) is 0 Å². The molecule has 0 spiro atoms. The van der Waals surface area contributed by atoms with Crippen molar-refractivity contribution < 1.29 is 23.7 Å². The van der Waals surface area contributed by atoms with Gasteiger partial charge in [-0.05, 0) is 18.2 Å². The van der Waals surface area contributed by atoms with Gasteiger partial charge in [0, 0.05) is 25.0 Å². The third kappa shape index (κ3) is 5.55. The normalized spacial score (nSPS) is 16.7. The van der Waals surface area contributed by atoms with Gasteiger partial charge >= 0.3 is 6.01 Å². The highest BCUT2D eigenvalue weighted by Crippen LogP contribution is 2.21. The van der Waals surface area contributed by atoms with Crippen molar-refractivity contribution in [2.75, 3.05) is 40.5 Å². The van der Waals surface area contributed by atoms with E-state index in [-0.39, 0.29) is 29.8 Å². The summed E-state index contributed by atoms with van der Waals surface area (Å²) >= 11 is 5.99. The molecule has 0 aliphatic carbocycles. The molecule has 2 aromatic heterocycles. The number of hydrogen-bond acceptors (Lipinski definition) is 8. The summed E-state index contributed by atoms with van der Waals surface area (Å²) in [6.45, 7) is 1.57. The van der Waals surface area contributed by atoms with Gasteiger partial charge in [0.15, 0.2) is 10.9 Å². The van der Waals surface area contributed by atoms with E-state index >= 15 is 0 Å². The molecule has 1 saturated heterocycles. The molecule has 1 fully saturated rings. The zero-order valence-electron chi connectivity index (χ0n) is 16.1. The Hall–Kier alpha value is -2.91. The first kappa shape index (κ1) is 20.8. The predicted octanol–water partition coefficient (Wildman–Crippen LogP) is 1.86. The lowest BCUT2D eigenvalue weighted by Crippen LogP contribution is -2.47. The molecule has 154 valence electrons. The van der Waals surface area contributed by atoms with Crippen LogP contribution in [0.1, 0.15) is 5.56 Å². The smallest absolute Gasteiger partial charge is 0.319 e. The molecule has 9 nitrogen and oxygen atoms in total. The third-order valence-corrected chi connectivity index (χ3v) is 4.42. The molecule has 1 unspecified atom stereocenters. The van der Waals surface area contributed by atoms with Crippen LogP contribution in [0, 0.1) is 0 Å². The topological polar surface area (TPSA) is 95.9 Å². The fourth-order valence-corrected chi connectivity index (χ4v) is 2.86. The molecule has 29 heavy (non-hydrogen) atoms. The number of rotatable bonds is 7. The van der Waals surface area contributed by atoms with E-state index in [0.717, 1.165) is 0 Å². The van der Waals surface area contributed by atoms with Gasteiger partial charge in [0.1, 0.15) is 12.7 Å².